The normalized spacial score (nSPS) is 12.5. The zero-order chi connectivity index (χ0) is 10.6. The summed E-state index contributed by atoms with van der Waals surface area (Å²) in [7, 11) is 0. The van der Waals surface area contributed by atoms with Crippen LogP contribution < -0.4 is 0 Å². The average molecular weight is 233 g/mol. The molecule has 1 aromatic heterocycles. The molecule has 0 aromatic carbocycles. The topological polar surface area (TPSA) is 26.3 Å². The predicted octanol–water partition coefficient (Wildman–Crippen LogP) is 2.77. The number of hydrogen-bond donors (Lipinski definition) is 0. The molecule has 1 atom stereocenters. The van der Waals surface area contributed by atoms with Gasteiger partial charge in [-0.1, -0.05) is 0 Å². The summed E-state index contributed by atoms with van der Waals surface area (Å²) in [5.41, 5.74) is 1.21. The highest BCUT2D eigenvalue weighted by molar-refractivity contribution is 7.10. The van der Waals surface area contributed by atoms with E-state index >= 15 is 0 Å². The van der Waals surface area contributed by atoms with Gasteiger partial charge in [0, 0.05) is 11.3 Å². The van der Waals surface area contributed by atoms with Crippen molar-refractivity contribution in [3.05, 3.63) is 21.9 Å². The second kappa shape index (κ2) is 5.37. The first-order valence-corrected chi connectivity index (χ1v) is 5.79. The van der Waals surface area contributed by atoms with Gasteiger partial charge in [0.05, 0.1) is 6.61 Å². The van der Waals surface area contributed by atoms with Crippen molar-refractivity contribution in [3.8, 4) is 0 Å². The number of alkyl halides is 1. The standard InChI is InChI=1S/C10H13ClO2S/c1-3-13-10(12)9(11)5-8-4-7(2)6-14-8/h4,6,9H,3,5H2,1-2H3. The molecule has 1 aromatic rings. The number of ether oxygens (including phenoxy) is 1. The molecule has 0 aliphatic rings. The van der Waals surface area contributed by atoms with Crippen molar-refractivity contribution >= 4 is 28.9 Å². The lowest BCUT2D eigenvalue weighted by Gasteiger charge is -2.06. The maximum Gasteiger partial charge on any atom is 0.324 e. The molecule has 4 heteroatoms. The summed E-state index contributed by atoms with van der Waals surface area (Å²) in [6.07, 6.45) is 0.554. The highest BCUT2D eigenvalue weighted by atomic mass is 35.5. The van der Waals surface area contributed by atoms with E-state index < -0.39 is 5.38 Å². The molecule has 0 N–H and O–H groups in total. The third-order valence-electron chi connectivity index (χ3n) is 1.71. The van der Waals surface area contributed by atoms with Crippen molar-refractivity contribution in [3.63, 3.8) is 0 Å². The van der Waals surface area contributed by atoms with E-state index in [4.69, 9.17) is 16.3 Å². The zero-order valence-electron chi connectivity index (χ0n) is 8.25. The lowest BCUT2D eigenvalue weighted by molar-refractivity contribution is -0.142. The molecule has 14 heavy (non-hydrogen) atoms. The SMILES string of the molecule is CCOC(=O)C(Cl)Cc1cc(C)cs1. The minimum atomic E-state index is -0.562. The van der Waals surface area contributed by atoms with Gasteiger partial charge in [0.2, 0.25) is 0 Å². The fraction of sp³-hybridized carbons (Fsp3) is 0.500. The van der Waals surface area contributed by atoms with Crippen molar-refractivity contribution in [2.45, 2.75) is 25.6 Å². The van der Waals surface area contributed by atoms with Crippen LogP contribution in [0.15, 0.2) is 11.4 Å². The van der Waals surface area contributed by atoms with E-state index in [1.165, 1.54) is 5.56 Å². The summed E-state index contributed by atoms with van der Waals surface area (Å²) in [5.74, 6) is -0.333. The molecule has 0 amide bonds. The molecule has 1 heterocycles. The predicted molar refractivity (Wildman–Crippen MR) is 59.0 cm³/mol. The Morgan fingerprint density at radius 2 is 2.43 bits per heavy atom. The van der Waals surface area contributed by atoms with Crippen LogP contribution in [0, 0.1) is 6.92 Å². The van der Waals surface area contributed by atoms with Crippen molar-refractivity contribution in [2.75, 3.05) is 6.61 Å². The van der Waals surface area contributed by atoms with Crippen LogP contribution in [0.4, 0.5) is 0 Å². The van der Waals surface area contributed by atoms with E-state index in [0.29, 0.717) is 13.0 Å². The number of esters is 1. The van der Waals surface area contributed by atoms with Crippen molar-refractivity contribution < 1.29 is 9.53 Å². The fourth-order valence-corrected chi connectivity index (χ4v) is 2.33. The molecule has 0 radical (unpaired) electrons. The van der Waals surface area contributed by atoms with Crippen LogP contribution >= 0.6 is 22.9 Å². The monoisotopic (exact) mass is 232 g/mol. The molecular formula is C10H13ClO2S. The summed E-state index contributed by atoms with van der Waals surface area (Å²) in [4.78, 5) is 12.3. The van der Waals surface area contributed by atoms with Gasteiger partial charge in [-0.2, -0.15) is 0 Å². The average Bonchev–Trinajstić information content (AvgIpc) is 2.51. The van der Waals surface area contributed by atoms with Crippen molar-refractivity contribution in [1.29, 1.82) is 0 Å². The molecule has 0 aliphatic heterocycles. The van der Waals surface area contributed by atoms with Crippen LogP contribution in [0.2, 0.25) is 0 Å². The maximum atomic E-state index is 11.2. The summed E-state index contributed by atoms with van der Waals surface area (Å²) in [6, 6.07) is 2.04. The largest absolute Gasteiger partial charge is 0.465 e. The smallest absolute Gasteiger partial charge is 0.324 e. The second-order valence-corrected chi connectivity index (χ2v) is 4.54. The number of hydrogen-bond acceptors (Lipinski definition) is 3. The molecule has 0 aliphatic carbocycles. The fourth-order valence-electron chi connectivity index (χ4n) is 1.09. The highest BCUT2D eigenvalue weighted by Gasteiger charge is 2.17. The number of thiophene rings is 1. The first kappa shape index (κ1) is 11.5. The zero-order valence-corrected chi connectivity index (χ0v) is 9.82. The second-order valence-electron chi connectivity index (χ2n) is 3.01. The maximum absolute atomic E-state index is 11.2. The van der Waals surface area contributed by atoms with Gasteiger partial charge in [-0.3, -0.25) is 4.79 Å². The molecule has 0 spiro atoms. The number of carbonyl (C=O) groups is 1. The van der Waals surface area contributed by atoms with Crippen LogP contribution in [0.3, 0.4) is 0 Å². The summed E-state index contributed by atoms with van der Waals surface area (Å²) < 4.78 is 4.82. The molecule has 2 nitrogen and oxygen atoms in total. The molecule has 1 unspecified atom stereocenters. The number of carbonyl (C=O) groups excluding carboxylic acids is 1. The van der Waals surface area contributed by atoms with Crippen LogP contribution in [0.5, 0.6) is 0 Å². The Balaban J connectivity index is 2.48. The highest BCUT2D eigenvalue weighted by Crippen LogP contribution is 2.18. The van der Waals surface area contributed by atoms with E-state index in [-0.39, 0.29) is 5.97 Å². The van der Waals surface area contributed by atoms with Crippen LogP contribution in [0.1, 0.15) is 17.4 Å². The van der Waals surface area contributed by atoms with Gasteiger partial charge in [-0.25, -0.2) is 0 Å². The molecule has 0 bridgehead atoms. The quantitative estimate of drug-likeness (QED) is 0.590. The van der Waals surface area contributed by atoms with Gasteiger partial charge in [0.1, 0.15) is 5.38 Å². The van der Waals surface area contributed by atoms with Gasteiger partial charge in [0.25, 0.3) is 0 Å². The molecular weight excluding hydrogens is 220 g/mol. The van der Waals surface area contributed by atoms with E-state index in [9.17, 15) is 4.79 Å². The molecule has 0 saturated heterocycles. The molecule has 78 valence electrons. The summed E-state index contributed by atoms with van der Waals surface area (Å²) in [6.45, 7) is 4.18. The number of halogens is 1. The molecule has 0 fully saturated rings. The Bertz CT molecular complexity index is 309. The Hall–Kier alpha value is -0.540. The Morgan fingerprint density at radius 3 is 2.93 bits per heavy atom. The van der Waals surface area contributed by atoms with Crippen molar-refractivity contribution in [1.82, 2.24) is 0 Å². The lowest BCUT2D eigenvalue weighted by Crippen LogP contribution is -2.19. The van der Waals surface area contributed by atoms with Gasteiger partial charge in [-0.05, 0) is 30.9 Å². The van der Waals surface area contributed by atoms with Gasteiger partial charge >= 0.3 is 5.97 Å². The van der Waals surface area contributed by atoms with Gasteiger partial charge < -0.3 is 4.74 Å². The van der Waals surface area contributed by atoms with Crippen LogP contribution in [-0.4, -0.2) is 18.0 Å². The Labute approximate surface area is 92.8 Å². The van der Waals surface area contributed by atoms with Crippen LogP contribution in [0.25, 0.3) is 0 Å². The minimum absolute atomic E-state index is 0.333. The van der Waals surface area contributed by atoms with Gasteiger partial charge in [-0.15, -0.1) is 22.9 Å². The molecule has 0 saturated carbocycles. The number of aryl methyl sites for hydroxylation is 1. The van der Waals surface area contributed by atoms with Gasteiger partial charge in [0.15, 0.2) is 0 Å². The lowest BCUT2D eigenvalue weighted by atomic mass is 10.2. The summed E-state index contributed by atoms with van der Waals surface area (Å²) >= 11 is 7.51. The third-order valence-corrected chi connectivity index (χ3v) is 3.12. The Morgan fingerprint density at radius 1 is 1.71 bits per heavy atom. The van der Waals surface area contributed by atoms with E-state index in [0.717, 1.165) is 4.88 Å². The summed E-state index contributed by atoms with van der Waals surface area (Å²) in [5, 5.41) is 1.48. The Kier molecular flexibility index (Phi) is 4.42. The van der Waals surface area contributed by atoms with E-state index in [1.54, 1.807) is 18.3 Å². The first-order chi connectivity index (χ1) is 6.63. The van der Waals surface area contributed by atoms with E-state index in [2.05, 4.69) is 0 Å². The number of rotatable bonds is 4. The minimum Gasteiger partial charge on any atom is -0.465 e. The van der Waals surface area contributed by atoms with Crippen LogP contribution in [-0.2, 0) is 16.0 Å². The first-order valence-electron chi connectivity index (χ1n) is 4.48. The van der Waals surface area contributed by atoms with E-state index in [1.807, 2.05) is 18.4 Å². The molecule has 1 rings (SSSR count). The third kappa shape index (κ3) is 3.31. The van der Waals surface area contributed by atoms with Crippen molar-refractivity contribution in [2.24, 2.45) is 0 Å².